The van der Waals surface area contributed by atoms with Gasteiger partial charge in [-0.3, -0.25) is 4.79 Å². The molecule has 0 aliphatic heterocycles. The van der Waals surface area contributed by atoms with Gasteiger partial charge in [-0.2, -0.15) is 10.2 Å². The Morgan fingerprint density at radius 3 is 2.94 bits per heavy atom. The van der Waals surface area contributed by atoms with E-state index in [9.17, 15) is 4.79 Å². The number of nitriles is 1. The fraction of sp³-hybridized carbons (Fsp3) is 0.0909. The first-order valence-corrected chi connectivity index (χ1v) is 4.64. The molecule has 78 valence electrons. The molecule has 0 aliphatic rings. The summed E-state index contributed by atoms with van der Waals surface area (Å²) in [5, 5.41) is 12.6. The summed E-state index contributed by atoms with van der Waals surface area (Å²) in [6, 6.07) is 9.25. The van der Waals surface area contributed by atoms with Crippen molar-refractivity contribution < 1.29 is 0 Å². The lowest BCUT2D eigenvalue weighted by atomic mass is 10.2. The van der Waals surface area contributed by atoms with Crippen molar-refractivity contribution in [2.24, 2.45) is 0 Å². The molecule has 0 saturated carbocycles. The van der Waals surface area contributed by atoms with E-state index in [0.29, 0.717) is 0 Å². The monoisotopic (exact) mass is 212 g/mol. The number of nitrogens with zero attached hydrogens (tertiary/aromatic N) is 4. The third-order valence-electron chi connectivity index (χ3n) is 2.07. The molecule has 2 rings (SSSR count). The molecule has 5 heteroatoms. The van der Waals surface area contributed by atoms with Crippen LogP contribution in [0.4, 0.5) is 0 Å². The molecule has 5 nitrogen and oxygen atoms in total. The Labute approximate surface area is 91.6 Å². The smallest absolute Gasteiger partial charge is 0.264 e. The maximum absolute atomic E-state index is 11.1. The highest BCUT2D eigenvalue weighted by atomic mass is 16.1. The van der Waals surface area contributed by atoms with Crippen molar-refractivity contribution in [2.75, 3.05) is 0 Å². The molecule has 1 aromatic heterocycles. The summed E-state index contributed by atoms with van der Waals surface area (Å²) in [6.45, 7) is 1.95. The Bertz CT molecular complexity index is 624. The summed E-state index contributed by atoms with van der Waals surface area (Å²) in [6.07, 6.45) is 1.30. The van der Waals surface area contributed by atoms with E-state index in [1.807, 2.05) is 31.2 Å². The van der Waals surface area contributed by atoms with Crippen molar-refractivity contribution in [3.8, 4) is 11.8 Å². The first-order valence-electron chi connectivity index (χ1n) is 4.64. The summed E-state index contributed by atoms with van der Waals surface area (Å²) in [5.41, 5.74) is 1.02. The fourth-order valence-corrected chi connectivity index (χ4v) is 1.31. The zero-order chi connectivity index (χ0) is 11.5. The topological polar surface area (TPSA) is 71.6 Å². The van der Waals surface area contributed by atoms with Gasteiger partial charge in [0.1, 0.15) is 12.4 Å². The van der Waals surface area contributed by atoms with Crippen LogP contribution in [0.3, 0.4) is 0 Å². The molecular formula is C11H8N4O. The molecule has 0 bridgehead atoms. The number of aromatic nitrogens is 3. The van der Waals surface area contributed by atoms with Gasteiger partial charge < -0.3 is 0 Å². The summed E-state index contributed by atoms with van der Waals surface area (Å²) in [7, 11) is 0. The normalized spacial score (nSPS) is 9.75. The van der Waals surface area contributed by atoms with E-state index in [-0.39, 0.29) is 5.69 Å². The molecule has 16 heavy (non-hydrogen) atoms. The van der Waals surface area contributed by atoms with Gasteiger partial charge in [-0.15, -0.1) is 5.10 Å². The number of benzene rings is 1. The summed E-state index contributed by atoms with van der Waals surface area (Å²) < 4.78 is 1.41. The van der Waals surface area contributed by atoms with E-state index in [4.69, 9.17) is 5.26 Å². The molecule has 0 spiro atoms. The highest BCUT2D eigenvalue weighted by Crippen LogP contribution is 2.07. The molecule has 2 aromatic rings. The second-order valence-corrected chi connectivity index (χ2v) is 3.29. The van der Waals surface area contributed by atoms with E-state index >= 15 is 0 Å². The van der Waals surface area contributed by atoms with Crippen molar-refractivity contribution in [1.29, 1.82) is 5.26 Å². The largest absolute Gasteiger partial charge is 0.309 e. The van der Waals surface area contributed by atoms with Gasteiger partial charge in [0, 0.05) is 0 Å². The summed E-state index contributed by atoms with van der Waals surface area (Å²) >= 11 is 0. The van der Waals surface area contributed by atoms with Crippen LogP contribution in [0.2, 0.25) is 0 Å². The number of hydrogen-bond acceptors (Lipinski definition) is 4. The van der Waals surface area contributed by atoms with Crippen molar-refractivity contribution in [3.63, 3.8) is 0 Å². The number of hydrogen-bond donors (Lipinski definition) is 0. The molecule has 0 radical (unpaired) electrons. The Balaban J connectivity index is 2.58. The van der Waals surface area contributed by atoms with Gasteiger partial charge in [-0.25, -0.2) is 4.68 Å². The molecule has 0 amide bonds. The standard InChI is InChI=1S/C11H8N4O/c1-8-3-2-4-9(5-8)15-7-13-11(16)10(6-12)14-15/h2-5,7H,1H3. The van der Waals surface area contributed by atoms with E-state index in [1.165, 1.54) is 11.0 Å². The maximum Gasteiger partial charge on any atom is 0.309 e. The minimum atomic E-state index is -0.605. The molecule has 0 saturated heterocycles. The van der Waals surface area contributed by atoms with Crippen LogP contribution in [0.1, 0.15) is 11.3 Å². The van der Waals surface area contributed by atoms with Crippen molar-refractivity contribution in [1.82, 2.24) is 14.8 Å². The lowest BCUT2D eigenvalue weighted by Crippen LogP contribution is -2.17. The van der Waals surface area contributed by atoms with Gasteiger partial charge in [0.25, 0.3) is 0 Å². The van der Waals surface area contributed by atoms with Gasteiger partial charge in [-0.05, 0) is 24.6 Å². The fourth-order valence-electron chi connectivity index (χ4n) is 1.31. The van der Waals surface area contributed by atoms with E-state index in [2.05, 4.69) is 10.1 Å². The van der Waals surface area contributed by atoms with Gasteiger partial charge in [-0.1, -0.05) is 12.1 Å². The van der Waals surface area contributed by atoms with Crippen LogP contribution in [0.25, 0.3) is 5.69 Å². The zero-order valence-electron chi connectivity index (χ0n) is 8.58. The highest BCUT2D eigenvalue weighted by Gasteiger charge is 2.03. The Morgan fingerprint density at radius 1 is 1.44 bits per heavy atom. The summed E-state index contributed by atoms with van der Waals surface area (Å²) in [4.78, 5) is 14.7. The summed E-state index contributed by atoms with van der Waals surface area (Å²) in [5.74, 6) is 0. The predicted octanol–water partition coefficient (Wildman–Crippen LogP) is 0.808. The second-order valence-electron chi connectivity index (χ2n) is 3.29. The Kier molecular flexibility index (Phi) is 2.48. The van der Waals surface area contributed by atoms with Crippen LogP contribution >= 0.6 is 0 Å². The SMILES string of the molecule is Cc1cccc(-n2cnc(=O)c(C#N)n2)c1. The predicted molar refractivity (Wildman–Crippen MR) is 57.1 cm³/mol. The van der Waals surface area contributed by atoms with Gasteiger partial charge in [0.2, 0.25) is 5.69 Å². The molecule has 0 N–H and O–H groups in total. The minimum Gasteiger partial charge on any atom is -0.264 e. The first kappa shape index (κ1) is 10.1. The van der Waals surface area contributed by atoms with Crippen molar-refractivity contribution in [3.05, 3.63) is 52.2 Å². The lowest BCUT2D eigenvalue weighted by molar-refractivity contribution is 0.782. The number of aryl methyl sites for hydroxylation is 1. The van der Waals surface area contributed by atoms with Gasteiger partial charge in [0.05, 0.1) is 5.69 Å². The molecular weight excluding hydrogens is 204 g/mol. The molecule has 1 heterocycles. The quantitative estimate of drug-likeness (QED) is 0.701. The average molecular weight is 212 g/mol. The third-order valence-corrected chi connectivity index (χ3v) is 2.07. The van der Waals surface area contributed by atoms with Crippen LogP contribution in [-0.4, -0.2) is 14.8 Å². The van der Waals surface area contributed by atoms with E-state index in [1.54, 1.807) is 6.07 Å². The third kappa shape index (κ3) is 1.81. The van der Waals surface area contributed by atoms with Gasteiger partial charge >= 0.3 is 5.56 Å². The molecule has 1 aromatic carbocycles. The number of rotatable bonds is 1. The zero-order valence-corrected chi connectivity index (χ0v) is 8.58. The lowest BCUT2D eigenvalue weighted by Gasteiger charge is -2.04. The molecule has 0 atom stereocenters. The highest BCUT2D eigenvalue weighted by molar-refractivity contribution is 5.34. The van der Waals surface area contributed by atoms with Crippen LogP contribution in [0.5, 0.6) is 0 Å². The molecule has 0 fully saturated rings. The van der Waals surface area contributed by atoms with Gasteiger partial charge in [0.15, 0.2) is 0 Å². The first-order chi connectivity index (χ1) is 7.70. The molecule has 0 aliphatic carbocycles. The van der Waals surface area contributed by atoms with Crippen molar-refractivity contribution >= 4 is 0 Å². The second kappa shape index (κ2) is 3.95. The van der Waals surface area contributed by atoms with Crippen LogP contribution in [0.15, 0.2) is 35.4 Å². The Morgan fingerprint density at radius 2 is 2.25 bits per heavy atom. The van der Waals surface area contributed by atoms with Crippen LogP contribution in [-0.2, 0) is 0 Å². The Hall–Kier alpha value is -2.48. The van der Waals surface area contributed by atoms with E-state index < -0.39 is 5.56 Å². The van der Waals surface area contributed by atoms with Crippen LogP contribution < -0.4 is 5.56 Å². The van der Waals surface area contributed by atoms with Crippen molar-refractivity contribution in [2.45, 2.75) is 6.92 Å². The minimum absolute atomic E-state index is 0.205. The van der Waals surface area contributed by atoms with Crippen LogP contribution in [0, 0.1) is 18.3 Å². The average Bonchev–Trinajstić information content (AvgIpc) is 2.29. The van der Waals surface area contributed by atoms with E-state index in [0.717, 1.165) is 11.3 Å². The molecule has 0 unspecified atom stereocenters. The maximum atomic E-state index is 11.1.